The van der Waals surface area contributed by atoms with Crippen LogP contribution in [0.25, 0.3) is 6.08 Å². The van der Waals surface area contributed by atoms with Crippen LogP contribution < -0.4 is 10.1 Å². The van der Waals surface area contributed by atoms with Crippen molar-refractivity contribution in [3.63, 3.8) is 0 Å². The first-order valence-corrected chi connectivity index (χ1v) is 10.4. The number of halogens is 1. The lowest BCUT2D eigenvalue weighted by molar-refractivity contribution is -0.116. The van der Waals surface area contributed by atoms with E-state index in [1.807, 2.05) is 49.4 Å². The van der Waals surface area contributed by atoms with Crippen molar-refractivity contribution < 1.29 is 14.3 Å². The maximum absolute atomic E-state index is 12.4. The van der Waals surface area contributed by atoms with E-state index in [4.69, 9.17) is 9.47 Å². The molecule has 148 valence electrons. The number of carbonyl (C=O) groups is 1. The molecule has 1 aliphatic rings. The van der Waals surface area contributed by atoms with Gasteiger partial charge in [0.15, 0.2) is 0 Å². The van der Waals surface area contributed by atoms with Crippen LogP contribution in [-0.4, -0.2) is 32.3 Å². The van der Waals surface area contributed by atoms with Gasteiger partial charge in [0, 0.05) is 35.7 Å². The first-order chi connectivity index (χ1) is 13.6. The van der Waals surface area contributed by atoms with Crippen molar-refractivity contribution in [2.45, 2.75) is 25.2 Å². The van der Waals surface area contributed by atoms with E-state index in [1.165, 1.54) is 5.56 Å². The normalized spacial score (nSPS) is 16.1. The molecule has 1 fully saturated rings. The van der Waals surface area contributed by atoms with Crippen LogP contribution in [0, 0.1) is 0 Å². The van der Waals surface area contributed by atoms with Crippen molar-refractivity contribution in [1.82, 2.24) is 5.32 Å². The van der Waals surface area contributed by atoms with Crippen molar-refractivity contribution in [1.29, 1.82) is 0 Å². The first kappa shape index (κ1) is 20.6. The van der Waals surface area contributed by atoms with Crippen molar-refractivity contribution in [3.8, 4) is 5.75 Å². The molecule has 0 atom stereocenters. The molecule has 0 unspecified atom stereocenters. The number of hydrogen-bond donors (Lipinski definition) is 1. The standard InChI is InChI=1S/C23H26BrNO3/c1-2-28-20-10-8-19(9-11-20)23(13-15-27-16-14-23)17-25-22(26)12-7-18-5-3-4-6-21(18)24/h3-12H,2,13-17H2,1H3,(H,25,26)/b12-7+. The zero-order chi connectivity index (χ0) is 19.8. The molecule has 0 spiro atoms. The summed E-state index contributed by atoms with van der Waals surface area (Å²) in [4.78, 5) is 12.4. The lowest BCUT2D eigenvalue weighted by Crippen LogP contribution is -2.44. The Bertz CT molecular complexity index is 811. The van der Waals surface area contributed by atoms with E-state index < -0.39 is 0 Å². The first-order valence-electron chi connectivity index (χ1n) is 9.64. The number of amides is 1. The van der Waals surface area contributed by atoms with Gasteiger partial charge in [-0.25, -0.2) is 0 Å². The Balaban J connectivity index is 1.68. The highest BCUT2D eigenvalue weighted by molar-refractivity contribution is 9.10. The molecule has 1 amide bonds. The Morgan fingerprint density at radius 2 is 1.89 bits per heavy atom. The summed E-state index contributed by atoms with van der Waals surface area (Å²) in [6.45, 7) is 4.62. The quantitative estimate of drug-likeness (QED) is 0.629. The van der Waals surface area contributed by atoms with Crippen LogP contribution in [0.1, 0.15) is 30.9 Å². The third-order valence-corrected chi connectivity index (χ3v) is 5.87. The van der Waals surface area contributed by atoms with Crippen molar-refractivity contribution in [2.75, 3.05) is 26.4 Å². The maximum atomic E-state index is 12.4. The molecule has 1 heterocycles. The van der Waals surface area contributed by atoms with E-state index in [-0.39, 0.29) is 11.3 Å². The van der Waals surface area contributed by atoms with Crippen LogP contribution in [-0.2, 0) is 14.9 Å². The second kappa shape index (κ2) is 9.89. The van der Waals surface area contributed by atoms with Gasteiger partial charge in [0.1, 0.15) is 5.75 Å². The average molecular weight is 444 g/mol. The molecule has 5 heteroatoms. The average Bonchev–Trinajstić information content (AvgIpc) is 2.73. The van der Waals surface area contributed by atoms with Gasteiger partial charge in [-0.15, -0.1) is 0 Å². The minimum atomic E-state index is -0.111. The summed E-state index contributed by atoms with van der Waals surface area (Å²) in [5, 5.41) is 3.09. The lowest BCUT2D eigenvalue weighted by atomic mass is 9.74. The monoisotopic (exact) mass is 443 g/mol. The highest BCUT2D eigenvalue weighted by atomic mass is 79.9. The van der Waals surface area contributed by atoms with E-state index in [1.54, 1.807) is 6.08 Å². The number of ether oxygens (including phenoxy) is 2. The summed E-state index contributed by atoms with van der Waals surface area (Å²) < 4.78 is 12.1. The number of hydrogen-bond acceptors (Lipinski definition) is 3. The Morgan fingerprint density at radius 1 is 1.18 bits per heavy atom. The van der Waals surface area contributed by atoms with E-state index in [2.05, 4.69) is 33.4 Å². The van der Waals surface area contributed by atoms with Gasteiger partial charge >= 0.3 is 0 Å². The Labute approximate surface area is 175 Å². The number of rotatable bonds is 7. The maximum Gasteiger partial charge on any atom is 0.244 e. The Kier molecular flexibility index (Phi) is 7.29. The second-order valence-corrected chi connectivity index (χ2v) is 7.78. The molecular weight excluding hydrogens is 418 g/mol. The minimum Gasteiger partial charge on any atom is -0.494 e. The Hall–Kier alpha value is -2.11. The molecule has 0 aromatic heterocycles. The van der Waals surface area contributed by atoms with Gasteiger partial charge in [-0.3, -0.25) is 4.79 Å². The van der Waals surface area contributed by atoms with E-state index in [0.717, 1.165) is 28.6 Å². The van der Waals surface area contributed by atoms with Gasteiger partial charge < -0.3 is 14.8 Å². The summed E-state index contributed by atoms with van der Waals surface area (Å²) in [5.41, 5.74) is 2.08. The number of nitrogens with one attached hydrogen (secondary N) is 1. The lowest BCUT2D eigenvalue weighted by Gasteiger charge is -2.38. The van der Waals surface area contributed by atoms with Crippen LogP contribution in [0.5, 0.6) is 5.75 Å². The molecular formula is C23H26BrNO3. The zero-order valence-electron chi connectivity index (χ0n) is 16.1. The van der Waals surface area contributed by atoms with Gasteiger partial charge in [-0.05, 0) is 55.2 Å². The van der Waals surface area contributed by atoms with Crippen molar-refractivity contribution in [2.24, 2.45) is 0 Å². The van der Waals surface area contributed by atoms with Gasteiger partial charge in [-0.2, -0.15) is 0 Å². The van der Waals surface area contributed by atoms with Crippen LogP contribution in [0.15, 0.2) is 59.1 Å². The summed E-state index contributed by atoms with van der Waals surface area (Å²) in [5.74, 6) is 0.779. The molecule has 4 nitrogen and oxygen atoms in total. The summed E-state index contributed by atoms with van der Waals surface area (Å²) in [6, 6.07) is 16.1. The van der Waals surface area contributed by atoms with Gasteiger partial charge in [0.25, 0.3) is 0 Å². The van der Waals surface area contributed by atoms with E-state index >= 15 is 0 Å². The van der Waals surface area contributed by atoms with Gasteiger partial charge in [0.05, 0.1) is 6.61 Å². The predicted molar refractivity (Wildman–Crippen MR) is 116 cm³/mol. The highest BCUT2D eigenvalue weighted by Crippen LogP contribution is 2.35. The molecule has 0 radical (unpaired) electrons. The fourth-order valence-corrected chi connectivity index (χ4v) is 3.91. The van der Waals surface area contributed by atoms with Crippen molar-refractivity contribution in [3.05, 3.63) is 70.2 Å². The van der Waals surface area contributed by atoms with Crippen LogP contribution >= 0.6 is 15.9 Å². The van der Waals surface area contributed by atoms with Crippen LogP contribution in [0.2, 0.25) is 0 Å². The minimum absolute atomic E-state index is 0.0902. The molecule has 1 saturated heterocycles. The second-order valence-electron chi connectivity index (χ2n) is 6.92. The van der Waals surface area contributed by atoms with Crippen LogP contribution in [0.4, 0.5) is 0 Å². The molecule has 28 heavy (non-hydrogen) atoms. The SMILES string of the molecule is CCOc1ccc(C2(CNC(=O)/C=C/c3ccccc3Br)CCOCC2)cc1. The molecule has 0 aliphatic carbocycles. The summed E-state index contributed by atoms with van der Waals surface area (Å²) in [7, 11) is 0. The van der Waals surface area contributed by atoms with E-state index in [0.29, 0.717) is 26.4 Å². The molecule has 0 saturated carbocycles. The molecule has 1 N–H and O–H groups in total. The highest BCUT2D eigenvalue weighted by Gasteiger charge is 2.34. The van der Waals surface area contributed by atoms with Gasteiger partial charge in [-0.1, -0.05) is 46.3 Å². The fourth-order valence-electron chi connectivity index (χ4n) is 3.49. The Morgan fingerprint density at radius 3 is 2.57 bits per heavy atom. The molecule has 3 rings (SSSR count). The molecule has 2 aromatic rings. The third-order valence-electron chi connectivity index (χ3n) is 5.15. The smallest absolute Gasteiger partial charge is 0.244 e. The molecule has 0 bridgehead atoms. The largest absolute Gasteiger partial charge is 0.494 e. The molecule has 1 aliphatic heterocycles. The fraction of sp³-hybridized carbons (Fsp3) is 0.348. The predicted octanol–water partition coefficient (Wildman–Crippen LogP) is 4.73. The number of benzene rings is 2. The van der Waals surface area contributed by atoms with E-state index in [9.17, 15) is 4.79 Å². The van der Waals surface area contributed by atoms with Crippen LogP contribution in [0.3, 0.4) is 0 Å². The third kappa shape index (κ3) is 5.24. The summed E-state index contributed by atoms with van der Waals surface area (Å²) >= 11 is 3.50. The molecule has 2 aromatic carbocycles. The zero-order valence-corrected chi connectivity index (χ0v) is 17.7. The van der Waals surface area contributed by atoms with Gasteiger partial charge in [0.2, 0.25) is 5.91 Å². The topological polar surface area (TPSA) is 47.6 Å². The number of carbonyl (C=O) groups excluding carboxylic acids is 1. The summed E-state index contributed by atoms with van der Waals surface area (Å²) in [6.07, 6.45) is 5.18. The van der Waals surface area contributed by atoms with Crippen molar-refractivity contribution >= 4 is 27.9 Å².